The van der Waals surface area contributed by atoms with Crippen LogP contribution in [-0.2, 0) is 10.1 Å². The van der Waals surface area contributed by atoms with E-state index in [2.05, 4.69) is 10.2 Å². The van der Waals surface area contributed by atoms with Crippen LogP contribution in [0.5, 0.6) is 0 Å². The third-order valence-electron chi connectivity index (χ3n) is 3.30. The van der Waals surface area contributed by atoms with Crippen molar-refractivity contribution in [1.29, 1.82) is 0 Å². The smallest absolute Gasteiger partial charge is 0.264 e. The number of hydrogen-bond donors (Lipinski definition) is 3. The second-order valence-electron chi connectivity index (χ2n) is 4.73. The summed E-state index contributed by atoms with van der Waals surface area (Å²) in [5, 5.41) is 12.2. The Morgan fingerprint density at radius 2 is 1.78 bits per heavy atom. The summed E-state index contributed by atoms with van der Waals surface area (Å²) in [7, 11) is -3.85. The number of piperazine rings is 1. The maximum atomic E-state index is 10.7. The molecule has 0 aliphatic carbocycles. The zero-order chi connectivity index (χ0) is 13.4. The van der Waals surface area contributed by atoms with Gasteiger partial charge in [0.25, 0.3) is 10.1 Å². The predicted octanol–water partition coefficient (Wildman–Crippen LogP) is -0.299. The largest absolute Gasteiger partial charge is 0.396 e. The lowest BCUT2D eigenvalue weighted by Crippen LogP contribution is -2.48. The summed E-state index contributed by atoms with van der Waals surface area (Å²) in [5.41, 5.74) is 0. The van der Waals surface area contributed by atoms with E-state index in [1.807, 2.05) is 0 Å². The van der Waals surface area contributed by atoms with Crippen molar-refractivity contribution in [1.82, 2.24) is 10.2 Å². The van der Waals surface area contributed by atoms with Gasteiger partial charge in [0.2, 0.25) is 0 Å². The van der Waals surface area contributed by atoms with E-state index in [1.54, 1.807) is 0 Å². The van der Waals surface area contributed by atoms with Gasteiger partial charge in [-0.15, -0.1) is 0 Å². The van der Waals surface area contributed by atoms with Crippen LogP contribution in [0.25, 0.3) is 0 Å². The zero-order valence-electron chi connectivity index (χ0n) is 10.7. The maximum absolute atomic E-state index is 10.7. The molecule has 0 bridgehead atoms. The van der Waals surface area contributed by atoms with Crippen molar-refractivity contribution in [3.63, 3.8) is 0 Å². The van der Waals surface area contributed by atoms with E-state index in [-0.39, 0.29) is 12.4 Å². The van der Waals surface area contributed by atoms with Gasteiger partial charge in [-0.2, -0.15) is 8.42 Å². The summed E-state index contributed by atoms with van der Waals surface area (Å²) in [4.78, 5) is 2.34. The normalized spacial score (nSPS) is 19.9. The molecule has 18 heavy (non-hydrogen) atoms. The average molecular weight is 280 g/mol. The molecule has 1 heterocycles. The monoisotopic (exact) mass is 280 g/mol. The molecule has 1 rings (SSSR count). The average Bonchev–Trinajstić information content (AvgIpc) is 2.33. The minimum Gasteiger partial charge on any atom is -0.396 e. The summed E-state index contributed by atoms with van der Waals surface area (Å²) in [6.45, 7) is 3.99. The fourth-order valence-corrected chi connectivity index (χ4v) is 2.92. The molecule has 0 aromatic heterocycles. The van der Waals surface area contributed by atoms with Crippen molar-refractivity contribution in [3.8, 4) is 0 Å². The third kappa shape index (κ3) is 6.65. The number of nitrogens with zero attached hydrogens (tertiary/aromatic N) is 1. The molecule has 108 valence electrons. The first-order valence-corrected chi connectivity index (χ1v) is 8.14. The first-order valence-electron chi connectivity index (χ1n) is 6.54. The Bertz CT molecular complexity index is 315. The molecule has 0 radical (unpaired) electrons. The van der Waals surface area contributed by atoms with Gasteiger partial charge < -0.3 is 10.4 Å². The van der Waals surface area contributed by atoms with E-state index in [1.165, 1.54) is 0 Å². The number of aliphatic hydroxyl groups excluding tert-OH is 1. The van der Waals surface area contributed by atoms with E-state index in [0.717, 1.165) is 45.4 Å². The number of rotatable bonds is 8. The second-order valence-corrected chi connectivity index (χ2v) is 6.31. The van der Waals surface area contributed by atoms with Gasteiger partial charge in [0.1, 0.15) is 0 Å². The van der Waals surface area contributed by atoms with Gasteiger partial charge in [0.05, 0.1) is 5.75 Å². The van der Waals surface area contributed by atoms with E-state index < -0.39 is 10.1 Å². The number of nitrogens with one attached hydrogen (secondary N) is 1. The van der Waals surface area contributed by atoms with Crippen molar-refractivity contribution < 1.29 is 18.1 Å². The van der Waals surface area contributed by atoms with Crippen LogP contribution in [0.4, 0.5) is 0 Å². The van der Waals surface area contributed by atoms with Gasteiger partial charge in [-0.05, 0) is 25.7 Å². The minimum absolute atomic E-state index is 0.168. The molecule has 1 atom stereocenters. The molecule has 0 amide bonds. The first kappa shape index (κ1) is 15.8. The van der Waals surface area contributed by atoms with E-state index >= 15 is 0 Å². The highest BCUT2D eigenvalue weighted by molar-refractivity contribution is 7.85. The van der Waals surface area contributed by atoms with Crippen LogP contribution < -0.4 is 5.32 Å². The van der Waals surface area contributed by atoms with Crippen LogP contribution in [0.15, 0.2) is 0 Å². The summed E-state index contributed by atoms with van der Waals surface area (Å²) in [6.07, 6.45) is 2.83. The molecule has 0 aromatic rings. The molecule has 0 saturated carbocycles. The number of hydrogen-bond acceptors (Lipinski definition) is 5. The van der Waals surface area contributed by atoms with Crippen LogP contribution in [0.2, 0.25) is 0 Å². The summed E-state index contributed by atoms with van der Waals surface area (Å²) in [5.74, 6) is -0.172. The Labute approximate surface area is 109 Å². The molecule has 0 spiro atoms. The van der Waals surface area contributed by atoms with Gasteiger partial charge >= 0.3 is 0 Å². The Hall–Kier alpha value is -0.210. The van der Waals surface area contributed by atoms with Crippen molar-refractivity contribution in [3.05, 3.63) is 0 Å². The molecule has 1 aliphatic rings. The second kappa shape index (κ2) is 8.06. The Balaban J connectivity index is 2.38. The van der Waals surface area contributed by atoms with Crippen LogP contribution in [0, 0.1) is 0 Å². The molecule has 7 heteroatoms. The van der Waals surface area contributed by atoms with Crippen molar-refractivity contribution in [2.45, 2.75) is 31.7 Å². The van der Waals surface area contributed by atoms with Gasteiger partial charge in [-0.3, -0.25) is 9.45 Å². The van der Waals surface area contributed by atoms with Crippen LogP contribution >= 0.6 is 0 Å². The Morgan fingerprint density at radius 3 is 2.33 bits per heavy atom. The fraction of sp³-hybridized carbons (Fsp3) is 1.00. The molecular formula is C11H24N2O4S. The zero-order valence-corrected chi connectivity index (χ0v) is 11.5. The number of aliphatic hydroxyl groups is 1. The lowest BCUT2D eigenvalue weighted by atomic mass is 10.0. The summed E-state index contributed by atoms with van der Waals surface area (Å²) in [6, 6.07) is 0.306. The minimum atomic E-state index is -3.85. The lowest BCUT2D eigenvalue weighted by molar-refractivity contribution is 0.146. The summed E-state index contributed by atoms with van der Waals surface area (Å²) >= 11 is 0. The van der Waals surface area contributed by atoms with Gasteiger partial charge in [0.15, 0.2) is 0 Å². The Morgan fingerprint density at radius 1 is 1.17 bits per heavy atom. The third-order valence-corrected chi connectivity index (χ3v) is 4.11. The highest BCUT2D eigenvalue weighted by Crippen LogP contribution is 2.14. The standard InChI is InChI=1S/C11H24N2O4S/c14-9-1-3-11(4-2-10-18(15,16)17)13-7-5-12-6-8-13/h11-12,14H,1-10H2,(H,15,16,17). The molecule has 1 aliphatic heterocycles. The molecule has 3 N–H and O–H groups in total. The highest BCUT2D eigenvalue weighted by atomic mass is 32.2. The molecule has 1 fully saturated rings. The topological polar surface area (TPSA) is 89.9 Å². The quantitative estimate of drug-likeness (QED) is 0.529. The molecule has 6 nitrogen and oxygen atoms in total. The van der Waals surface area contributed by atoms with E-state index in [4.69, 9.17) is 9.66 Å². The van der Waals surface area contributed by atoms with E-state index in [0.29, 0.717) is 12.5 Å². The molecular weight excluding hydrogens is 256 g/mol. The van der Waals surface area contributed by atoms with Gasteiger partial charge in [-0.25, -0.2) is 0 Å². The predicted molar refractivity (Wildman–Crippen MR) is 70.2 cm³/mol. The highest BCUT2D eigenvalue weighted by Gasteiger charge is 2.20. The van der Waals surface area contributed by atoms with Crippen molar-refractivity contribution in [2.75, 3.05) is 38.5 Å². The van der Waals surface area contributed by atoms with E-state index in [9.17, 15) is 8.42 Å². The van der Waals surface area contributed by atoms with Crippen molar-refractivity contribution >= 4 is 10.1 Å². The van der Waals surface area contributed by atoms with Crippen LogP contribution in [0.3, 0.4) is 0 Å². The SMILES string of the molecule is O=S(=O)(O)CCCC(CCCO)N1CCNCC1. The molecule has 0 aromatic carbocycles. The first-order chi connectivity index (χ1) is 8.53. The van der Waals surface area contributed by atoms with Crippen LogP contribution in [-0.4, -0.2) is 67.6 Å². The Kier molecular flexibility index (Phi) is 7.10. The molecule has 1 unspecified atom stereocenters. The molecule has 1 saturated heterocycles. The maximum Gasteiger partial charge on any atom is 0.264 e. The lowest BCUT2D eigenvalue weighted by Gasteiger charge is -2.35. The fourth-order valence-electron chi connectivity index (χ4n) is 2.39. The van der Waals surface area contributed by atoms with Crippen LogP contribution in [0.1, 0.15) is 25.7 Å². The van der Waals surface area contributed by atoms with Gasteiger partial charge in [-0.1, -0.05) is 0 Å². The van der Waals surface area contributed by atoms with Crippen molar-refractivity contribution in [2.24, 2.45) is 0 Å². The van der Waals surface area contributed by atoms with Gasteiger partial charge in [0, 0.05) is 38.8 Å². The summed E-state index contributed by atoms with van der Waals surface area (Å²) < 4.78 is 30.1.